The summed E-state index contributed by atoms with van der Waals surface area (Å²) in [6.07, 6.45) is 6.86. The van der Waals surface area contributed by atoms with Crippen LogP contribution in [0.4, 0.5) is 0 Å². The van der Waals surface area contributed by atoms with E-state index < -0.39 is 0 Å². The molecule has 0 N–H and O–H groups in total. The maximum atomic E-state index is 12.0. The van der Waals surface area contributed by atoms with E-state index >= 15 is 0 Å². The molecule has 0 aromatic heterocycles. The fraction of sp³-hybridized carbons (Fsp3) is 0.750. The lowest BCUT2D eigenvalue weighted by atomic mass is 9.71. The number of Topliss-reactive ketones (excluding diaryl/α,β-unsaturated/α-hetero) is 1. The molecule has 2 aliphatic rings. The first-order valence-electron chi connectivity index (χ1n) is 5.26. The topological polar surface area (TPSA) is 17.1 Å². The van der Waals surface area contributed by atoms with Gasteiger partial charge in [0.2, 0.25) is 0 Å². The smallest absolute Gasteiger partial charge is 0.141 e. The Balaban J connectivity index is 2.23. The summed E-state index contributed by atoms with van der Waals surface area (Å²) in [7, 11) is 0. The monoisotopic (exact) mass is 178 g/mol. The number of hydrogen-bond acceptors (Lipinski definition) is 1. The summed E-state index contributed by atoms with van der Waals surface area (Å²) in [6, 6.07) is 0. The van der Waals surface area contributed by atoms with Crippen molar-refractivity contribution >= 4 is 5.78 Å². The molecule has 1 fully saturated rings. The van der Waals surface area contributed by atoms with E-state index in [9.17, 15) is 4.79 Å². The van der Waals surface area contributed by atoms with Gasteiger partial charge in [-0.05, 0) is 24.7 Å². The van der Waals surface area contributed by atoms with Gasteiger partial charge in [-0.15, -0.1) is 0 Å². The molecule has 0 aromatic rings. The molecule has 0 amide bonds. The Bertz CT molecular complexity index is 264. The third-order valence-corrected chi connectivity index (χ3v) is 3.76. The molecule has 0 spiro atoms. The molecule has 1 saturated carbocycles. The van der Waals surface area contributed by atoms with Gasteiger partial charge in [0.1, 0.15) is 5.78 Å². The van der Waals surface area contributed by atoms with Crippen LogP contribution in [0.2, 0.25) is 0 Å². The highest BCUT2D eigenvalue weighted by molar-refractivity contribution is 5.87. The van der Waals surface area contributed by atoms with E-state index in [0.29, 0.717) is 17.6 Å². The number of fused-ring (bicyclic) bond motifs is 2. The molecule has 0 heterocycles. The standard InChI is InChI=1S/C12H18O/c1-8(2)11(13)12(3)7-9-4-5-10(12)6-9/h4-5,8-10H,6-7H2,1-3H3. The first-order valence-corrected chi connectivity index (χ1v) is 5.26. The SMILES string of the molecule is CC(C)C(=O)C1(C)CC2C=CC1C2. The van der Waals surface area contributed by atoms with Gasteiger partial charge in [0.25, 0.3) is 0 Å². The van der Waals surface area contributed by atoms with Crippen molar-refractivity contribution in [1.82, 2.24) is 0 Å². The number of hydrogen-bond donors (Lipinski definition) is 0. The van der Waals surface area contributed by atoms with Gasteiger partial charge in [0.05, 0.1) is 0 Å². The van der Waals surface area contributed by atoms with Crippen LogP contribution in [0, 0.1) is 23.2 Å². The molecule has 72 valence electrons. The molecule has 2 rings (SSSR count). The van der Waals surface area contributed by atoms with Crippen LogP contribution in [0.3, 0.4) is 0 Å². The summed E-state index contributed by atoms with van der Waals surface area (Å²) in [5.74, 6) is 1.88. The van der Waals surface area contributed by atoms with Crippen molar-refractivity contribution in [3.05, 3.63) is 12.2 Å². The van der Waals surface area contributed by atoms with Crippen LogP contribution >= 0.6 is 0 Å². The molecule has 2 bridgehead atoms. The van der Waals surface area contributed by atoms with Crippen LogP contribution < -0.4 is 0 Å². The van der Waals surface area contributed by atoms with Gasteiger partial charge in [-0.25, -0.2) is 0 Å². The molecule has 1 nitrogen and oxygen atoms in total. The van der Waals surface area contributed by atoms with E-state index in [4.69, 9.17) is 0 Å². The van der Waals surface area contributed by atoms with E-state index in [1.54, 1.807) is 0 Å². The summed E-state index contributed by atoms with van der Waals surface area (Å²) >= 11 is 0. The van der Waals surface area contributed by atoms with Gasteiger partial charge in [0.15, 0.2) is 0 Å². The van der Waals surface area contributed by atoms with Crippen molar-refractivity contribution in [2.24, 2.45) is 23.2 Å². The Morgan fingerprint density at radius 3 is 2.54 bits per heavy atom. The highest BCUT2D eigenvalue weighted by Crippen LogP contribution is 2.53. The normalized spacial score (nSPS) is 41.8. The third kappa shape index (κ3) is 1.17. The van der Waals surface area contributed by atoms with E-state index in [1.807, 2.05) is 13.8 Å². The lowest BCUT2D eigenvalue weighted by molar-refractivity contribution is -0.132. The lowest BCUT2D eigenvalue weighted by Crippen LogP contribution is -2.35. The Hall–Kier alpha value is -0.590. The molecule has 0 radical (unpaired) electrons. The fourth-order valence-corrected chi connectivity index (χ4v) is 3.04. The predicted molar refractivity (Wildman–Crippen MR) is 53.3 cm³/mol. The summed E-state index contributed by atoms with van der Waals surface area (Å²) in [6.45, 7) is 6.19. The maximum Gasteiger partial charge on any atom is 0.141 e. The second-order valence-electron chi connectivity index (χ2n) is 5.13. The zero-order chi connectivity index (χ0) is 9.64. The van der Waals surface area contributed by atoms with Crippen molar-refractivity contribution in [3.63, 3.8) is 0 Å². The highest BCUT2D eigenvalue weighted by atomic mass is 16.1. The zero-order valence-electron chi connectivity index (χ0n) is 8.71. The lowest BCUT2D eigenvalue weighted by Gasteiger charge is -2.31. The van der Waals surface area contributed by atoms with Gasteiger partial charge in [0, 0.05) is 11.3 Å². The van der Waals surface area contributed by atoms with Gasteiger partial charge < -0.3 is 0 Å². The number of rotatable bonds is 2. The van der Waals surface area contributed by atoms with Crippen LogP contribution in [-0.2, 0) is 4.79 Å². The van der Waals surface area contributed by atoms with Crippen LogP contribution in [0.5, 0.6) is 0 Å². The summed E-state index contributed by atoms with van der Waals surface area (Å²) < 4.78 is 0. The molecule has 2 aliphatic carbocycles. The molecular formula is C12H18O. The van der Waals surface area contributed by atoms with Gasteiger partial charge in [-0.1, -0.05) is 32.9 Å². The minimum Gasteiger partial charge on any atom is -0.299 e. The molecule has 0 aromatic carbocycles. The van der Waals surface area contributed by atoms with Crippen molar-refractivity contribution in [2.45, 2.75) is 33.6 Å². The molecule has 13 heavy (non-hydrogen) atoms. The quantitative estimate of drug-likeness (QED) is 0.594. The van der Waals surface area contributed by atoms with Crippen molar-refractivity contribution in [2.75, 3.05) is 0 Å². The summed E-state index contributed by atoms with van der Waals surface area (Å²) in [5, 5.41) is 0. The average Bonchev–Trinajstić information content (AvgIpc) is 2.62. The average molecular weight is 178 g/mol. The molecule has 3 atom stereocenters. The van der Waals surface area contributed by atoms with Gasteiger partial charge in [-0.2, -0.15) is 0 Å². The van der Waals surface area contributed by atoms with E-state index in [0.717, 1.165) is 6.42 Å². The number of allylic oxidation sites excluding steroid dienone is 2. The fourth-order valence-electron chi connectivity index (χ4n) is 3.04. The molecule has 0 aliphatic heterocycles. The van der Waals surface area contributed by atoms with E-state index in [-0.39, 0.29) is 11.3 Å². The van der Waals surface area contributed by atoms with Crippen LogP contribution in [-0.4, -0.2) is 5.78 Å². The third-order valence-electron chi connectivity index (χ3n) is 3.76. The van der Waals surface area contributed by atoms with E-state index in [1.165, 1.54) is 6.42 Å². The van der Waals surface area contributed by atoms with E-state index in [2.05, 4.69) is 19.1 Å². The minimum atomic E-state index is -0.0341. The van der Waals surface area contributed by atoms with Crippen molar-refractivity contribution in [1.29, 1.82) is 0 Å². The first kappa shape index (κ1) is 8.98. The summed E-state index contributed by atoms with van der Waals surface area (Å²) in [4.78, 5) is 12.0. The Labute approximate surface area is 80.2 Å². The molecule has 1 heteroatoms. The molecular weight excluding hydrogens is 160 g/mol. The van der Waals surface area contributed by atoms with Gasteiger partial charge in [-0.3, -0.25) is 4.79 Å². The second kappa shape index (κ2) is 2.70. The summed E-state index contributed by atoms with van der Waals surface area (Å²) in [5.41, 5.74) is -0.0341. The van der Waals surface area contributed by atoms with Crippen molar-refractivity contribution < 1.29 is 4.79 Å². The molecule has 0 saturated heterocycles. The predicted octanol–water partition coefficient (Wildman–Crippen LogP) is 2.81. The van der Waals surface area contributed by atoms with Crippen LogP contribution in [0.1, 0.15) is 33.6 Å². The van der Waals surface area contributed by atoms with Crippen LogP contribution in [0.15, 0.2) is 12.2 Å². The maximum absolute atomic E-state index is 12.0. The highest BCUT2D eigenvalue weighted by Gasteiger charge is 2.49. The van der Waals surface area contributed by atoms with Crippen LogP contribution in [0.25, 0.3) is 0 Å². The largest absolute Gasteiger partial charge is 0.299 e. The Morgan fingerprint density at radius 1 is 1.46 bits per heavy atom. The Morgan fingerprint density at radius 2 is 2.15 bits per heavy atom. The van der Waals surface area contributed by atoms with Gasteiger partial charge >= 0.3 is 0 Å². The number of carbonyl (C=O) groups is 1. The molecule has 3 unspecified atom stereocenters. The number of ketones is 1. The minimum absolute atomic E-state index is 0.0341. The van der Waals surface area contributed by atoms with Crippen molar-refractivity contribution in [3.8, 4) is 0 Å². The Kier molecular flexibility index (Phi) is 1.86. The second-order valence-corrected chi connectivity index (χ2v) is 5.13. The number of carbonyl (C=O) groups excluding carboxylic acids is 1. The zero-order valence-corrected chi connectivity index (χ0v) is 8.71. The first-order chi connectivity index (χ1) is 6.04.